The first-order chi connectivity index (χ1) is 17.7. The largest absolute Gasteiger partial charge is 0.497 e. The van der Waals surface area contributed by atoms with Crippen LogP contribution in [0.3, 0.4) is 0 Å². The summed E-state index contributed by atoms with van der Waals surface area (Å²) in [7, 11) is 1.31. The predicted molar refractivity (Wildman–Crippen MR) is 131 cm³/mol. The average Bonchev–Trinajstić information content (AvgIpc) is 3.48. The number of hydrogen-bond acceptors (Lipinski definition) is 6. The number of ether oxygens (including phenoxy) is 1. The minimum Gasteiger partial charge on any atom is -0.497 e. The number of likely N-dealkylation sites (tertiary alicyclic amines) is 2. The van der Waals surface area contributed by atoms with Crippen molar-refractivity contribution < 1.29 is 27.5 Å². The van der Waals surface area contributed by atoms with Crippen LogP contribution in [0.2, 0.25) is 0 Å². The third-order valence-electron chi connectivity index (χ3n) is 8.43. The molecule has 3 N–H and O–H groups in total. The molecule has 3 unspecified atom stereocenters. The molecule has 0 spiro atoms. The van der Waals surface area contributed by atoms with E-state index in [0.717, 1.165) is 51.3 Å². The van der Waals surface area contributed by atoms with Crippen molar-refractivity contribution in [2.75, 3.05) is 33.3 Å². The summed E-state index contributed by atoms with van der Waals surface area (Å²) in [5.74, 6) is 0.789. The molecule has 0 radical (unpaired) electrons. The number of nitrogens with zero attached hydrogens (tertiary/aromatic N) is 2. The molecule has 8 nitrogen and oxygen atoms in total. The van der Waals surface area contributed by atoms with E-state index in [0.29, 0.717) is 31.0 Å². The smallest absolute Gasteiger partial charge is 0.417 e. The Hall–Kier alpha value is -2.63. The number of methoxy groups -OCH3 is 1. The summed E-state index contributed by atoms with van der Waals surface area (Å²) in [5.41, 5.74) is 8.47. The zero-order chi connectivity index (χ0) is 26.2. The Kier molecular flexibility index (Phi) is 7.46. The van der Waals surface area contributed by atoms with E-state index < -0.39 is 11.7 Å². The Labute approximate surface area is 214 Å². The molecule has 1 aromatic rings. The molecule has 5 atom stereocenters. The molecule has 37 heavy (non-hydrogen) atoms. The molecule has 202 valence electrons. The number of hydrogen-bond donors (Lipinski definition) is 3. The molecule has 4 aliphatic rings. The Bertz CT molecular complexity index is 1030. The lowest BCUT2D eigenvalue weighted by molar-refractivity contribution is -0.138. The molecule has 0 bridgehead atoms. The van der Waals surface area contributed by atoms with Gasteiger partial charge in [0.05, 0.1) is 12.7 Å². The number of rotatable bonds is 4. The van der Waals surface area contributed by atoms with Gasteiger partial charge >= 0.3 is 6.18 Å². The molecular formula is C26H34F3N5O3. The molecule has 5 rings (SSSR count). The molecule has 0 aromatic heterocycles. The second-order valence-corrected chi connectivity index (χ2v) is 10.6. The summed E-state index contributed by atoms with van der Waals surface area (Å²) in [4.78, 5) is 29.8. The quantitative estimate of drug-likeness (QED) is 0.529. The second-order valence-electron chi connectivity index (χ2n) is 10.6. The first-order valence-electron chi connectivity index (χ1n) is 13.0. The Morgan fingerprint density at radius 1 is 1.00 bits per heavy atom. The Morgan fingerprint density at radius 2 is 1.70 bits per heavy atom. The molecule has 11 heteroatoms. The van der Waals surface area contributed by atoms with Crippen LogP contribution in [0, 0.1) is 17.8 Å². The number of carbonyl (C=O) groups excluding carboxylic acids is 2. The van der Waals surface area contributed by atoms with E-state index in [1.54, 1.807) is 4.90 Å². The summed E-state index contributed by atoms with van der Waals surface area (Å²) in [6.07, 6.45) is 2.16. The van der Waals surface area contributed by atoms with Gasteiger partial charge in [0.25, 0.3) is 0 Å². The van der Waals surface area contributed by atoms with E-state index in [1.807, 2.05) is 4.90 Å². The van der Waals surface area contributed by atoms with E-state index in [9.17, 15) is 22.8 Å². The first kappa shape index (κ1) is 26.0. The van der Waals surface area contributed by atoms with Crippen LogP contribution in [-0.4, -0.2) is 67.0 Å². The van der Waals surface area contributed by atoms with Gasteiger partial charge in [0.15, 0.2) is 0 Å². The van der Waals surface area contributed by atoms with Crippen molar-refractivity contribution in [2.24, 2.45) is 17.8 Å². The van der Waals surface area contributed by atoms with E-state index in [-0.39, 0.29) is 35.1 Å². The Balaban J connectivity index is 1.16. The SMILES string of the molecule is COc1ccc(/C=C/C(=O)N2CC[C@@H]3CN(C(=O)C4CCC5NNNC5C4)C[C@@H]3CC2)c(C(F)(F)F)c1. The van der Waals surface area contributed by atoms with Crippen LogP contribution in [-0.2, 0) is 15.8 Å². The molecule has 2 amide bonds. The summed E-state index contributed by atoms with van der Waals surface area (Å²) in [6.45, 7) is 2.51. The van der Waals surface area contributed by atoms with Crippen LogP contribution >= 0.6 is 0 Å². The number of amides is 2. The van der Waals surface area contributed by atoms with E-state index in [2.05, 4.69) is 16.4 Å². The van der Waals surface area contributed by atoms with Gasteiger partial charge in [-0.3, -0.25) is 9.59 Å². The highest BCUT2D eigenvalue weighted by Gasteiger charge is 2.42. The van der Waals surface area contributed by atoms with Gasteiger partial charge < -0.3 is 14.5 Å². The lowest BCUT2D eigenvalue weighted by Gasteiger charge is -2.32. The van der Waals surface area contributed by atoms with Gasteiger partial charge in [-0.1, -0.05) is 6.07 Å². The topological polar surface area (TPSA) is 85.9 Å². The van der Waals surface area contributed by atoms with Crippen LogP contribution in [0.5, 0.6) is 5.75 Å². The minimum atomic E-state index is -4.55. The van der Waals surface area contributed by atoms with E-state index in [1.165, 1.54) is 31.4 Å². The van der Waals surface area contributed by atoms with Gasteiger partial charge in [0.1, 0.15) is 5.75 Å². The van der Waals surface area contributed by atoms with Crippen LogP contribution in [0.4, 0.5) is 13.2 Å². The fourth-order valence-corrected chi connectivity index (χ4v) is 6.28. The van der Waals surface area contributed by atoms with Crippen molar-refractivity contribution in [3.8, 4) is 5.75 Å². The number of carbonyl (C=O) groups is 2. The highest BCUT2D eigenvalue weighted by Crippen LogP contribution is 2.36. The maximum Gasteiger partial charge on any atom is 0.417 e. The fourth-order valence-electron chi connectivity index (χ4n) is 6.28. The standard InChI is InChI=1S/C26H34F3N5O3/c1-37-20-5-2-16(21(13-20)26(27,28)29)4-7-24(35)33-10-8-18-14-34(15-19(18)9-11-33)25(36)17-3-6-22-23(12-17)31-32-30-22/h2,4-5,7,13,17-19,22-23,30-32H,3,6,8-12,14-15H2,1H3/b7-4+/t17?,18-,19+,22?,23?. The van der Waals surface area contributed by atoms with Gasteiger partial charge in [-0.15, -0.1) is 0 Å². The summed E-state index contributed by atoms with van der Waals surface area (Å²) >= 11 is 0. The zero-order valence-corrected chi connectivity index (χ0v) is 20.9. The molecule has 1 saturated carbocycles. The number of fused-ring (bicyclic) bond motifs is 2. The molecule has 1 aromatic carbocycles. The van der Waals surface area contributed by atoms with Gasteiger partial charge in [-0.25, -0.2) is 10.9 Å². The summed E-state index contributed by atoms with van der Waals surface area (Å²) < 4.78 is 45.3. The molecule has 3 aliphatic heterocycles. The van der Waals surface area contributed by atoms with Crippen molar-refractivity contribution in [3.63, 3.8) is 0 Å². The van der Waals surface area contributed by atoms with Crippen molar-refractivity contribution in [3.05, 3.63) is 35.4 Å². The van der Waals surface area contributed by atoms with E-state index >= 15 is 0 Å². The molecule has 3 heterocycles. The minimum absolute atomic E-state index is 0.0422. The van der Waals surface area contributed by atoms with Gasteiger partial charge in [-0.05, 0) is 67.7 Å². The molecule has 4 fully saturated rings. The van der Waals surface area contributed by atoms with Crippen molar-refractivity contribution in [1.82, 2.24) is 26.2 Å². The third-order valence-corrected chi connectivity index (χ3v) is 8.43. The normalized spacial score (nSPS) is 30.2. The summed E-state index contributed by atoms with van der Waals surface area (Å²) in [5, 5.41) is 0. The first-order valence-corrected chi connectivity index (χ1v) is 13.0. The van der Waals surface area contributed by atoms with Gasteiger partial charge in [0.2, 0.25) is 11.8 Å². The van der Waals surface area contributed by atoms with Gasteiger partial charge in [0, 0.05) is 50.3 Å². The van der Waals surface area contributed by atoms with Crippen LogP contribution in [0.1, 0.15) is 43.2 Å². The van der Waals surface area contributed by atoms with Crippen LogP contribution in [0.25, 0.3) is 6.08 Å². The van der Waals surface area contributed by atoms with Crippen LogP contribution in [0.15, 0.2) is 24.3 Å². The third kappa shape index (κ3) is 5.63. The zero-order valence-electron chi connectivity index (χ0n) is 20.9. The molecular weight excluding hydrogens is 487 g/mol. The summed E-state index contributed by atoms with van der Waals surface area (Å²) in [6, 6.07) is 4.34. The number of nitrogens with one attached hydrogen (secondary N) is 3. The maximum absolute atomic E-state index is 13.5. The van der Waals surface area contributed by atoms with Crippen LogP contribution < -0.4 is 21.1 Å². The maximum atomic E-state index is 13.5. The highest BCUT2D eigenvalue weighted by molar-refractivity contribution is 5.92. The monoisotopic (exact) mass is 521 g/mol. The highest BCUT2D eigenvalue weighted by atomic mass is 19.4. The molecule has 1 aliphatic carbocycles. The van der Waals surface area contributed by atoms with E-state index in [4.69, 9.17) is 4.74 Å². The molecule has 3 saturated heterocycles. The fraction of sp³-hybridized carbons (Fsp3) is 0.615. The number of benzene rings is 1. The number of hydrazine groups is 2. The lowest BCUT2D eigenvalue weighted by atomic mass is 9.82. The van der Waals surface area contributed by atoms with Gasteiger partial charge in [-0.2, -0.15) is 18.7 Å². The number of halogens is 3. The average molecular weight is 522 g/mol. The van der Waals surface area contributed by atoms with Crippen molar-refractivity contribution in [2.45, 2.75) is 50.4 Å². The number of alkyl halides is 3. The Morgan fingerprint density at radius 3 is 2.38 bits per heavy atom. The van der Waals surface area contributed by atoms with Crippen molar-refractivity contribution in [1.29, 1.82) is 0 Å². The van der Waals surface area contributed by atoms with Crippen molar-refractivity contribution >= 4 is 17.9 Å². The predicted octanol–water partition coefficient (Wildman–Crippen LogP) is 2.57. The second kappa shape index (κ2) is 10.6. The lowest BCUT2D eigenvalue weighted by Crippen LogP contribution is -2.45.